The molecule has 0 aliphatic carbocycles. The Labute approximate surface area is 196 Å². The van der Waals surface area contributed by atoms with Gasteiger partial charge in [-0.25, -0.2) is 15.0 Å². The van der Waals surface area contributed by atoms with Crippen molar-refractivity contribution in [3.05, 3.63) is 71.7 Å². The fraction of sp³-hybridized carbons (Fsp3) is 0.208. The number of nitrogens with zero attached hydrogens (tertiary/aromatic N) is 6. The first-order valence-electron chi connectivity index (χ1n) is 10.9. The van der Waals surface area contributed by atoms with Gasteiger partial charge in [-0.2, -0.15) is 5.10 Å². The Balaban J connectivity index is 1.35. The maximum atomic E-state index is 12.8. The predicted octanol–water partition coefficient (Wildman–Crippen LogP) is 3.38. The van der Waals surface area contributed by atoms with Gasteiger partial charge in [0, 0.05) is 43.1 Å². The van der Waals surface area contributed by atoms with Crippen LogP contribution >= 0.6 is 0 Å². The number of aryl methyl sites for hydroxylation is 4. The van der Waals surface area contributed by atoms with Crippen molar-refractivity contribution in [3.8, 4) is 11.4 Å². The van der Waals surface area contributed by atoms with E-state index in [0.29, 0.717) is 18.2 Å². The van der Waals surface area contributed by atoms with Crippen LogP contribution < -0.4 is 10.6 Å². The van der Waals surface area contributed by atoms with Gasteiger partial charge in [0.2, 0.25) is 5.95 Å². The van der Waals surface area contributed by atoms with Gasteiger partial charge >= 0.3 is 0 Å². The van der Waals surface area contributed by atoms with Crippen molar-refractivity contribution in [1.82, 2.24) is 39.6 Å². The van der Waals surface area contributed by atoms with Crippen LogP contribution in [0.1, 0.15) is 27.4 Å². The van der Waals surface area contributed by atoms with Gasteiger partial charge in [0.15, 0.2) is 0 Å². The summed E-state index contributed by atoms with van der Waals surface area (Å²) in [6.45, 7) is 4.33. The minimum atomic E-state index is -0.171. The van der Waals surface area contributed by atoms with Crippen molar-refractivity contribution >= 4 is 28.4 Å². The number of aromatic nitrogens is 7. The Bertz CT molecular complexity index is 1510. The fourth-order valence-corrected chi connectivity index (χ4v) is 3.95. The summed E-state index contributed by atoms with van der Waals surface area (Å²) in [5.41, 5.74) is 6.63. The third-order valence-electron chi connectivity index (χ3n) is 5.58. The molecule has 0 radical (unpaired) electrons. The molecule has 4 heterocycles. The first kappa shape index (κ1) is 21.4. The summed E-state index contributed by atoms with van der Waals surface area (Å²) >= 11 is 0. The monoisotopic (exact) mass is 455 g/mol. The molecule has 1 amide bonds. The number of imidazole rings is 1. The lowest BCUT2D eigenvalue weighted by Gasteiger charge is -2.07. The molecular weight excluding hydrogens is 430 g/mol. The van der Waals surface area contributed by atoms with E-state index in [9.17, 15) is 4.79 Å². The Morgan fingerprint density at radius 2 is 1.94 bits per heavy atom. The number of hydrogen-bond acceptors (Lipinski definition) is 6. The second-order valence-electron chi connectivity index (χ2n) is 8.34. The Morgan fingerprint density at radius 3 is 2.68 bits per heavy atom. The summed E-state index contributed by atoms with van der Waals surface area (Å²) in [4.78, 5) is 29.3. The van der Waals surface area contributed by atoms with E-state index in [0.717, 1.165) is 44.9 Å². The van der Waals surface area contributed by atoms with Gasteiger partial charge in [-0.3, -0.25) is 9.48 Å². The number of amides is 1. The molecule has 3 N–H and O–H groups in total. The highest BCUT2D eigenvalue weighted by Crippen LogP contribution is 2.26. The predicted molar refractivity (Wildman–Crippen MR) is 130 cm³/mol. The number of anilines is 2. The smallest absolute Gasteiger partial charge is 0.268 e. The standard InChI is InChI=1S/C24H25N9O/c1-14-7-17(28-24-25-6-5-19(30-24)21-12-32(3)13-27-21)9-16-10-20(29-22(14)16)23(34)26-11-18-8-15(2)31-33(18)4/h5-10,12-13,29H,11H2,1-4H3,(H,26,34)(H,25,28,30). The van der Waals surface area contributed by atoms with Crippen LogP contribution in [0, 0.1) is 13.8 Å². The van der Waals surface area contributed by atoms with Crippen molar-refractivity contribution in [3.63, 3.8) is 0 Å². The molecule has 0 aliphatic heterocycles. The molecule has 34 heavy (non-hydrogen) atoms. The number of hydrogen-bond donors (Lipinski definition) is 3. The molecule has 5 rings (SSSR count). The maximum Gasteiger partial charge on any atom is 0.268 e. The molecule has 172 valence electrons. The normalized spacial score (nSPS) is 11.2. The van der Waals surface area contributed by atoms with Gasteiger partial charge < -0.3 is 20.2 Å². The lowest BCUT2D eigenvalue weighted by atomic mass is 10.1. The molecule has 1 aromatic carbocycles. The van der Waals surface area contributed by atoms with E-state index < -0.39 is 0 Å². The SMILES string of the molecule is Cc1cc(CNC(=O)c2cc3cc(Nc4nccc(-c5cn(C)cn5)n4)cc(C)c3[nH]2)n(C)n1. The summed E-state index contributed by atoms with van der Waals surface area (Å²) in [6, 6.07) is 9.60. The molecular formula is C24H25N9O. The maximum absolute atomic E-state index is 12.8. The van der Waals surface area contributed by atoms with Gasteiger partial charge in [-0.15, -0.1) is 0 Å². The molecule has 0 unspecified atom stereocenters. The molecule has 4 aromatic heterocycles. The zero-order valence-electron chi connectivity index (χ0n) is 19.4. The third kappa shape index (κ3) is 4.25. The number of carbonyl (C=O) groups excluding carboxylic acids is 1. The van der Waals surface area contributed by atoms with E-state index in [1.54, 1.807) is 17.2 Å². The van der Waals surface area contributed by atoms with E-state index in [1.165, 1.54) is 0 Å². The zero-order valence-corrected chi connectivity index (χ0v) is 19.4. The van der Waals surface area contributed by atoms with Gasteiger partial charge in [-0.1, -0.05) is 0 Å². The van der Waals surface area contributed by atoms with Crippen molar-refractivity contribution in [1.29, 1.82) is 0 Å². The highest BCUT2D eigenvalue weighted by molar-refractivity contribution is 5.99. The molecule has 5 aromatic rings. The number of H-pyrrole nitrogens is 1. The summed E-state index contributed by atoms with van der Waals surface area (Å²) < 4.78 is 3.65. The van der Waals surface area contributed by atoms with E-state index >= 15 is 0 Å². The summed E-state index contributed by atoms with van der Waals surface area (Å²) in [5, 5.41) is 11.5. The Morgan fingerprint density at radius 1 is 1.09 bits per heavy atom. The summed E-state index contributed by atoms with van der Waals surface area (Å²) in [6.07, 6.45) is 5.34. The minimum absolute atomic E-state index is 0.171. The van der Waals surface area contributed by atoms with E-state index in [1.807, 2.05) is 69.0 Å². The highest BCUT2D eigenvalue weighted by atomic mass is 16.1. The highest BCUT2D eigenvalue weighted by Gasteiger charge is 2.13. The van der Waals surface area contributed by atoms with Gasteiger partial charge in [-0.05, 0) is 49.7 Å². The van der Waals surface area contributed by atoms with Crippen LogP contribution in [0.5, 0.6) is 0 Å². The molecule has 0 bridgehead atoms. The largest absolute Gasteiger partial charge is 0.350 e. The number of aromatic amines is 1. The van der Waals surface area contributed by atoms with Gasteiger partial charge in [0.05, 0.1) is 30.0 Å². The molecule has 0 atom stereocenters. The number of benzene rings is 1. The Kier molecular flexibility index (Phi) is 5.33. The van der Waals surface area contributed by atoms with Crippen LogP contribution in [0.15, 0.2) is 49.1 Å². The first-order chi connectivity index (χ1) is 16.4. The molecule has 10 nitrogen and oxygen atoms in total. The topological polar surface area (TPSA) is 118 Å². The van der Waals surface area contributed by atoms with E-state index in [4.69, 9.17) is 0 Å². The van der Waals surface area contributed by atoms with Crippen molar-refractivity contribution in [2.24, 2.45) is 14.1 Å². The molecule has 0 spiro atoms. The molecule has 0 aliphatic rings. The molecule has 0 saturated carbocycles. The lowest BCUT2D eigenvalue weighted by Crippen LogP contribution is -2.24. The second-order valence-corrected chi connectivity index (χ2v) is 8.34. The quantitative estimate of drug-likeness (QED) is 0.361. The average Bonchev–Trinajstić information content (AvgIpc) is 3.50. The number of rotatable bonds is 6. The van der Waals surface area contributed by atoms with Crippen molar-refractivity contribution < 1.29 is 4.79 Å². The molecule has 0 fully saturated rings. The van der Waals surface area contributed by atoms with Gasteiger partial charge in [0.25, 0.3) is 5.91 Å². The van der Waals surface area contributed by atoms with Crippen molar-refractivity contribution in [2.75, 3.05) is 5.32 Å². The minimum Gasteiger partial charge on any atom is -0.350 e. The number of carbonyl (C=O) groups is 1. The van der Waals surface area contributed by atoms with E-state index in [-0.39, 0.29) is 5.91 Å². The zero-order chi connectivity index (χ0) is 23.8. The lowest BCUT2D eigenvalue weighted by molar-refractivity contribution is 0.0946. The third-order valence-corrected chi connectivity index (χ3v) is 5.58. The van der Waals surface area contributed by atoms with Crippen LogP contribution in [0.25, 0.3) is 22.3 Å². The Hall–Kier alpha value is -4.47. The number of nitrogens with one attached hydrogen (secondary N) is 3. The molecule has 10 heteroatoms. The summed E-state index contributed by atoms with van der Waals surface area (Å²) in [5.74, 6) is 0.303. The fourth-order valence-electron chi connectivity index (χ4n) is 3.95. The first-order valence-corrected chi connectivity index (χ1v) is 10.9. The number of fused-ring (bicyclic) bond motifs is 1. The second kappa shape index (κ2) is 8.47. The average molecular weight is 456 g/mol. The van der Waals surface area contributed by atoms with E-state index in [2.05, 4.69) is 35.7 Å². The van der Waals surface area contributed by atoms with Crippen LogP contribution in [-0.2, 0) is 20.6 Å². The van der Waals surface area contributed by atoms with Gasteiger partial charge in [0.1, 0.15) is 11.4 Å². The van der Waals surface area contributed by atoms with Crippen LogP contribution in [0.2, 0.25) is 0 Å². The summed E-state index contributed by atoms with van der Waals surface area (Å²) in [7, 11) is 3.78. The van der Waals surface area contributed by atoms with Crippen LogP contribution in [-0.4, -0.2) is 40.2 Å². The van der Waals surface area contributed by atoms with Crippen LogP contribution in [0.4, 0.5) is 11.6 Å². The molecule has 0 saturated heterocycles. The van der Waals surface area contributed by atoms with Crippen molar-refractivity contribution in [2.45, 2.75) is 20.4 Å². The van der Waals surface area contributed by atoms with Crippen LogP contribution in [0.3, 0.4) is 0 Å².